The first-order valence-corrected chi connectivity index (χ1v) is 8.19. The molecule has 0 fully saturated rings. The van der Waals surface area contributed by atoms with Crippen LogP contribution in [0.5, 0.6) is 11.5 Å². The van der Waals surface area contributed by atoms with Gasteiger partial charge in [-0.25, -0.2) is 9.59 Å². The fraction of sp³-hybridized carbons (Fsp3) is 0.0952. The van der Waals surface area contributed by atoms with Crippen LogP contribution < -0.4 is 9.47 Å². The third kappa shape index (κ3) is 5.84. The Bertz CT molecular complexity index is 911. The molecule has 2 aromatic rings. The van der Waals surface area contributed by atoms with Gasteiger partial charge in [0.15, 0.2) is 12.4 Å². The van der Waals surface area contributed by atoms with Gasteiger partial charge in [-0.05, 0) is 35.9 Å². The highest BCUT2D eigenvalue weighted by Gasteiger charge is 2.12. The molecule has 0 unspecified atom stereocenters. The first kappa shape index (κ1) is 20.4. The number of aliphatic carboxylic acids is 1. The van der Waals surface area contributed by atoms with Gasteiger partial charge in [-0.3, -0.25) is 4.79 Å². The van der Waals surface area contributed by atoms with E-state index < -0.39 is 18.5 Å². The van der Waals surface area contributed by atoms with Crippen molar-refractivity contribution in [3.63, 3.8) is 0 Å². The summed E-state index contributed by atoms with van der Waals surface area (Å²) in [4.78, 5) is 34.0. The van der Waals surface area contributed by atoms with Crippen molar-refractivity contribution < 1.29 is 34.1 Å². The Hall–Kier alpha value is -3.87. The molecule has 28 heavy (non-hydrogen) atoms. The summed E-state index contributed by atoms with van der Waals surface area (Å²) in [6.45, 7) is 3.20. The van der Waals surface area contributed by atoms with Gasteiger partial charge in [0.1, 0.15) is 18.1 Å². The molecule has 0 radical (unpaired) electrons. The van der Waals surface area contributed by atoms with Crippen LogP contribution in [-0.2, 0) is 4.79 Å². The Kier molecular flexibility index (Phi) is 7.10. The number of ketones is 1. The lowest BCUT2D eigenvalue weighted by atomic mass is 10.1. The van der Waals surface area contributed by atoms with Crippen molar-refractivity contribution in [2.75, 3.05) is 13.2 Å². The lowest BCUT2D eigenvalue weighted by Gasteiger charge is -2.11. The highest BCUT2D eigenvalue weighted by atomic mass is 16.5. The summed E-state index contributed by atoms with van der Waals surface area (Å²) in [6, 6.07) is 10.5. The number of carboxylic acids is 2. The minimum atomic E-state index is -1.12. The van der Waals surface area contributed by atoms with Crippen LogP contribution >= 0.6 is 0 Å². The van der Waals surface area contributed by atoms with E-state index in [4.69, 9.17) is 19.7 Å². The molecule has 2 rings (SSSR count). The van der Waals surface area contributed by atoms with E-state index in [9.17, 15) is 14.4 Å². The maximum atomic E-state index is 12.5. The number of rotatable bonds is 10. The highest BCUT2D eigenvalue weighted by Crippen LogP contribution is 2.26. The fourth-order valence-corrected chi connectivity index (χ4v) is 2.21. The van der Waals surface area contributed by atoms with Crippen LogP contribution in [0.25, 0.3) is 6.08 Å². The van der Waals surface area contributed by atoms with E-state index in [0.717, 1.165) is 0 Å². The fourth-order valence-electron chi connectivity index (χ4n) is 2.21. The number of carbonyl (C=O) groups excluding carboxylic acids is 1. The van der Waals surface area contributed by atoms with Crippen LogP contribution in [0.4, 0.5) is 0 Å². The van der Waals surface area contributed by atoms with Crippen LogP contribution in [0.1, 0.15) is 26.3 Å². The summed E-state index contributed by atoms with van der Waals surface area (Å²) < 4.78 is 10.6. The van der Waals surface area contributed by atoms with Gasteiger partial charge >= 0.3 is 11.9 Å². The molecule has 0 saturated carbocycles. The quantitative estimate of drug-likeness (QED) is 0.368. The molecular weight excluding hydrogens is 364 g/mol. The number of carboxylic acid groups (broad SMARTS) is 2. The first-order valence-electron chi connectivity index (χ1n) is 8.19. The second kappa shape index (κ2) is 9.72. The molecule has 0 aliphatic carbocycles. The van der Waals surface area contributed by atoms with Crippen molar-refractivity contribution in [1.29, 1.82) is 0 Å². The molecule has 2 N–H and O–H groups in total. The van der Waals surface area contributed by atoms with Gasteiger partial charge in [0.25, 0.3) is 0 Å². The van der Waals surface area contributed by atoms with Crippen molar-refractivity contribution in [2.45, 2.75) is 0 Å². The lowest BCUT2D eigenvalue weighted by molar-refractivity contribution is -0.139. The number of hydrogen-bond donors (Lipinski definition) is 2. The van der Waals surface area contributed by atoms with Crippen LogP contribution in [-0.4, -0.2) is 41.1 Å². The summed E-state index contributed by atoms with van der Waals surface area (Å²) in [5.74, 6) is -2.00. The van der Waals surface area contributed by atoms with Crippen LogP contribution in [0, 0.1) is 0 Å². The minimum Gasteiger partial charge on any atom is -0.489 e. The zero-order valence-electron chi connectivity index (χ0n) is 14.8. The Labute approximate surface area is 161 Å². The topological polar surface area (TPSA) is 110 Å². The maximum absolute atomic E-state index is 12.5. The average Bonchev–Trinajstić information content (AvgIpc) is 2.69. The molecule has 0 spiro atoms. The molecule has 144 valence electrons. The molecule has 0 amide bonds. The van der Waals surface area contributed by atoms with Crippen molar-refractivity contribution in [1.82, 2.24) is 0 Å². The van der Waals surface area contributed by atoms with Gasteiger partial charge < -0.3 is 19.7 Å². The van der Waals surface area contributed by atoms with Crippen LogP contribution in [0.2, 0.25) is 0 Å². The number of aromatic carboxylic acids is 1. The normalized spacial score (nSPS) is 10.4. The molecule has 0 atom stereocenters. The summed E-state index contributed by atoms with van der Waals surface area (Å²) >= 11 is 0. The van der Waals surface area contributed by atoms with Crippen molar-refractivity contribution >= 4 is 23.8 Å². The second-order valence-electron chi connectivity index (χ2n) is 5.56. The average molecular weight is 382 g/mol. The van der Waals surface area contributed by atoms with Gasteiger partial charge in [0, 0.05) is 6.07 Å². The number of hydrogen-bond acceptors (Lipinski definition) is 5. The molecule has 0 aromatic heterocycles. The molecule has 0 heterocycles. The van der Waals surface area contributed by atoms with Gasteiger partial charge in [-0.15, -0.1) is 0 Å². The number of carbonyl (C=O) groups is 3. The number of ether oxygens (including phenoxy) is 2. The third-order valence-electron chi connectivity index (χ3n) is 3.52. The van der Waals surface area contributed by atoms with Crippen molar-refractivity contribution in [3.8, 4) is 11.5 Å². The Morgan fingerprint density at radius 2 is 1.71 bits per heavy atom. The summed E-state index contributed by atoms with van der Waals surface area (Å²) in [7, 11) is 0. The van der Waals surface area contributed by atoms with E-state index in [1.807, 2.05) is 0 Å². The molecule has 7 heteroatoms. The van der Waals surface area contributed by atoms with E-state index in [2.05, 4.69) is 6.58 Å². The molecule has 7 nitrogen and oxygen atoms in total. The molecule has 0 bridgehead atoms. The number of allylic oxidation sites excluding steroid dienone is 1. The van der Waals surface area contributed by atoms with Crippen molar-refractivity contribution in [3.05, 3.63) is 77.9 Å². The summed E-state index contributed by atoms with van der Waals surface area (Å²) in [5.41, 5.74) is 1.08. The van der Waals surface area contributed by atoms with Gasteiger partial charge in [-0.1, -0.05) is 30.9 Å². The van der Waals surface area contributed by atoms with Gasteiger partial charge in [0.2, 0.25) is 0 Å². The Balaban J connectivity index is 2.20. The highest BCUT2D eigenvalue weighted by molar-refractivity contribution is 6.08. The van der Waals surface area contributed by atoms with E-state index in [1.165, 1.54) is 42.5 Å². The van der Waals surface area contributed by atoms with Crippen molar-refractivity contribution in [2.24, 2.45) is 0 Å². The molecule has 0 aliphatic rings. The smallest absolute Gasteiger partial charge is 0.341 e. The summed E-state index contributed by atoms with van der Waals surface area (Å²) in [6.07, 6.45) is 4.41. The SMILES string of the molecule is C=CCOc1cc(OCC(=O)O)ccc1C(=O)C=Cc1ccc(C(=O)O)cc1. The predicted octanol–water partition coefficient (Wildman–Crippen LogP) is 3.31. The molecule has 2 aromatic carbocycles. The van der Waals surface area contributed by atoms with E-state index in [0.29, 0.717) is 5.56 Å². The maximum Gasteiger partial charge on any atom is 0.341 e. The van der Waals surface area contributed by atoms with Crippen LogP contribution in [0.3, 0.4) is 0 Å². The zero-order valence-corrected chi connectivity index (χ0v) is 14.8. The zero-order chi connectivity index (χ0) is 20.5. The Morgan fingerprint density at radius 1 is 1.00 bits per heavy atom. The van der Waals surface area contributed by atoms with E-state index in [1.54, 1.807) is 18.2 Å². The third-order valence-corrected chi connectivity index (χ3v) is 3.52. The van der Waals surface area contributed by atoms with E-state index >= 15 is 0 Å². The van der Waals surface area contributed by atoms with Crippen LogP contribution in [0.15, 0.2) is 61.2 Å². The molecule has 0 saturated heterocycles. The molecular formula is C21H18O7. The second-order valence-corrected chi connectivity index (χ2v) is 5.56. The van der Waals surface area contributed by atoms with E-state index in [-0.39, 0.29) is 35.0 Å². The van der Waals surface area contributed by atoms with Gasteiger partial charge in [-0.2, -0.15) is 0 Å². The predicted molar refractivity (Wildman–Crippen MR) is 102 cm³/mol. The monoisotopic (exact) mass is 382 g/mol. The molecule has 0 aliphatic heterocycles. The summed E-state index contributed by atoms with van der Waals surface area (Å²) in [5, 5.41) is 17.6. The standard InChI is InChI=1S/C21H18O7/c1-2-11-27-19-12-16(28-13-20(23)24)8-9-17(19)18(22)10-5-14-3-6-15(7-4-14)21(25)26/h2-10,12H,1,11,13H2,(H,23,24)(H,25,26). The minimum absolute atomic E-state index is 0.153. The number of benzene rings is 2. The lowest BCUT2D eigenvalue weighted by Crippen LogP contribution is -2.10. The largest absolute Gasteiger partial charge is 0.489 e. The Morgan fingerprint density at radius 3 is 2.32 bits per heavy atom. The van der Waals surface area contributed by atoms with Gasteiger partial charge in [0.05, 0.1) is 11.1 Å². The first-order chi connectivity index (χ1) is 13.4.